The molecule has 0 spiro atoms. The van der Waals surface area contributed by atoms with Gasteiger partial charge in [-0.3, -0.25) is 0 Å². The summed E-state index contributed by atoms with van der Waals surface area (Å²) in [7, 11) is 0. The number of nitrogen functional groups attached to an aromatic ring is 1. The van der Waals surface area contributed by atoms with Crippen LogP contribution in [0.1, 0.15) is 10.4 Å². The van der Waals surface area contributed by atoms with E-state index in [1.165, 1.54) is 24.3 Å². The number of nitrogens with two attached hydrogens (primary N) is 1. The molecule has 2 aromatic rings. The van der Waals surface area contributed by atoms with E-state index in [0.29, 0.717) is 20.9 Å². The molecule has 16 heavy (non-hydrogen) atoms. The van der Waals surface area contributed by atoms with E-state index in [-0.39, 0.29) is 11.3 Å². The molecule has 2 rings (SSSR count). The summed E-state index contributed by atoms with van der Waals surface area (Å²) in [5.74, 6) is -0.956. The smallest absolute Gasteiger partial charge is 0.335 e. The normalized spacial score (nSPS) is 10.6. The van der Waals surface area contributed by atoms with Crippen molar-refractivity contribution in [3.63, 3.8) is 0 Å². The quantitative estimate of drug-likeness (QED) is 0.702. The number of aromatic carboxylic acids is 1. The van der Waals surface area contributed by atoms with E-state index in [1.54, 1.807) is 0 Å². The molecule has 0 amide bonds. The first-order chi connectivity index (χ1) is 7.49. The van der Waals surface area contributed by atoms with Crippen molar-refractivity contribution in [3.8, 4) is 5.75 Å². The van der Waals surface area contributed by atoms with Gasteiger partial charge in [0.25, 0.3) is 0 Å². The average molecular weight is 282 g/mol. The highest BCUT2D eigenvalue weighted by atomic mass is 79.9. The lowest BCUT2D eigenvalue weighted by atomic mass is 10.0. The molecule has 0 fully saturated rings. The predicted molar refractivity (Wildman–Crippen MR) is 64.7 cm³/mol. The van der Waals surface area contributed by atoms with E-state index >= 15 is 0 Å². The third kappa shape index (κ3) is 1.69. The highest BCUT2D eigenvalue weighted by molar-refractivity contribution is 9.10. The number of carboxylic acid groups (broad SMARTS) is 1. The molecule has 0 aromatic heterocycles. The minimum Gasteiger partial charge on any atom is -0.508 e. The van der Waals surface area contributed by atoms with Crippen molar-refractivity contribution in [2.75, 3.05) is 5.73 Å². The number of anilines is 1. The summed E-state index contributed by atoms with van der Waals surface area (Å²) in [4.78, 5) is 10.9. The molecule has 0 aliphatic carbocycles. The lowest BCUT2D eigenvalue weighted by Crippen LogP contribution is -1.98. The molecule has 0 heterocycles. The summed E-state index contributed by atoms with van der Waals surface area (Å²) in [5.41, 5.74) is 6.18. The average Bonchev–Trinajstić information content (AvgIpc) is 2.19. The lowest BCUT2D eigenvalue weighted by molar-refractivity contribution is 0.0697. The molecule has 0 aliphatic rings. The number of aromatic hydroxyl groups is 1. The van der Waals surface area contributed by atoms with Gasteiger partial charge in [-0.05, 0) is 29.7 Å². The van der Waals surface area contributed by atoms with Crippen LogP contribution in [0.5, 0.6) is 5.75 Å². The van der Waals surface area contributed by atoms with Crippen LogP contribution >= 0.6 is 15.9 Å². The first-order valence-electron chi connectivity index (χ1n) is 4.44. The molecule has 0 unspecified atom stereocenters. The van der Waals surface area contributed by atoms with Gasteiger partial charge >= 0.3 is 5.97 Å². The van der Waals surface area contributed by atoms with E-state index in [1.807, 2.05) is 0 Å². The van der Waals surface area contributed by atoms with Crippen LogP contribution in [0.3, 0.4) is 0 Å². The molecule has 0 atom stereocenters. The maximum absolute atomic E-state index is 10.9. The van der Waals surface area contributed by atoms with E-state index in [0.717, 1.165) is 0 Å². The van der Waals surface area contributed by atoms with Crippen molar-refractivity contribution in [1.29, 1.82) is 0 Å². The van der Waals surface area contributed by atoms with Gasteiger partial charge in [-0.25, -0.2) is 4.79 Å². The van der Waals surface area contributed by atoms with Crippen molar-refractivity contribution >= 4 is 38.4 Å². The topological polar surface area (TPSA) is 83.6 Å². The van der Waals surface area contributed by atoms with Crippen molar-refractivity contribution in [2.45, 2.75) is 0 Å². The van der Waals surface area contributed by atoms with Crippen LogP contribution in [-0.4, -0.2) is 16.2 Å². The van der Waals surface area contributed by atoms with Gasteiger partial charge in [0.15, 0.2) is 0 Å². The fourth-order valence-electron chi connectivity index (χ4n) is 1.55. The van der Waals surface area contributed by atoms with Gasteiger partial charge in [-0.15, -0.1) is 0 Å². The Kier molecular flexibility index (Phi) is 2.47. The molecule has 4 nitrogen and oxygen atoms in total. The second-order valence-electron chi connectivity index (χ2n) is 3.39. The predicted octanol–water partition coefficient (Wildman–Crippen LogP) is 2.59. The first-order valence-corrected chi connectivity index (χ1v) is 5.23. The SMILES string of the molecule is Nc1cc(C(=O)O)cc2c(Br)cc(O)cc12. The summed E-state index contributed by atoms with van der Waals surface area (Å²) in [6, 6.07) is 5.88. The second kappa shape index (κ2) is 3.68. The Labute approximate surface area is 99.4 Å². The third-order valence-electron chi connectivity index (χ3n) is 2.28. The van der Waals surface area contributed by atoms with Crippen molar-refractivity contribution in [3.05, 3.63) is 34.3 Å². The molecule has 5 heteroatoms. The fourth-order valence-corrected chi connectivity index (χ4v) is 2.12. The highest BCUT2D eigenvalue weighted by Crippen LogP contribution is 2.33. The van der Waals surface area contributed by atoms with Crippen LogP contribution < -0.4 is 5.73 Å². The molecular weight excluding hydrogens is 274 g/mol. The van der Waals surface area contributed by atoms with Crippen molar-refractivity contribution in [1.82, 2.24) is 0 Å². The van der Waals surface area contributed by atoms with Crippen LogP contribution in [0.4, 0.5) is 5.69 Å². The number of benzene rings is 2. The van der Waals surface area contributed by atoms with Gasteiger partial charge in [0.05, 0.1) is 5.56 Å². The zero-order chi connectivity index (χ0) is 11.9. The number of halogens is 1. The Morgan fingerprint density at radius 1 is 1.19 bits per heavy atom. The molecule has 0 saturated heterocycles. The molecule has 2 aromatic carbocycles. The van der Waals surface area contributed by atoms with Crippen LogP contribution in [0.25, 0.3) is 10.8 Å². The summed E-state index contributed by atoms with van der Waals surface area (Å²) < 4.78 is 0.609. The molecule has 4 N–H and O–H groups in total. The van der Waals surface area contributed by atoms with Crippen LogP contribution in [0.2, 0.25) is 0 Å². The maximum Gasteiger partial charge on any atom is 0.335 e. The number of phenolic OH excluding ortho intramolecular Hbond substituents is 1. The minimum absolute atomic E-state index is 0.0779. The third-order valence-corrected chi connectivity index (χ3v) is 2.94. The Morgan fingerprint density at radius 3 is 2.50 bits per heavy atom. The molecule has 82 valence electrons. The van der Waals surface area contributed by atoms with Gasteiger partial charge in [0.2, 0.25) is 0 Å². The number of carboxylic acids is 1. The Morgan fingerprint density at radius 2 is 1.88 bits per heavy atom. The Balaban J connectivity index is 2.87. The summed E-state index contributed by atoms with van der Waals surface area (Å²) in [6.45, 7) is 0. The molecule has 0 bridgehead atoms. The minimum atomic E-state index is -1.03. The Bertz CT molecular complexity index is 595. The highest BCUT2D eigenvalue weighted by Gasteiger charge is 2.10. The maximum atomic E-state index is 10.9. The van der Waals surface area contributed by atoms with E-state index < -0.39 is 5.97 Å². The van der Waals surface area contributed by atoms with Gasteiger partial charge in [0.1, 0.15) is 5.75 Å². The van der Waals surface area contributed by atoms with Crippen molar-refractivity contribution < 1.29 is 15.0 Å². The molecule has 0 saturated carbocycles. The summed E-state index contributed by atoms with van der Waals surface area (Å²) in [6.07, 6.45) is 0. The van der Waals surface area contributed by atoms with Gasteiger partial charge in [-0.2, -0.15) is 0 Å². The number of hydrogen-bond donors (Lipinski definition) is 3. The number of rotatable bonds is 1. The van der Waals surface area contributed by atoms with E-state index in [9.17, 15) is 9.90 Å². The van der Waals surface area contributed by atoms with Crippen LogP contribution in [-0.2, 0) is 0 Å². The van der Waals surface area contributed by atoms with Gasteiger partial charge < -0.3 is 15.9 Å². The van der Waals surface area contributed by atoms with Crippen LogP contribution in [0, 0.1) is 0 Å². The Hall–Kier alpha value is -1.75. The number of phenols is 1. The molecule has 0 aliphatic heterocycles. The second-order valence-corrected chi connectivity index (χ2v) is 4.25. The van der Waals surface area contributed by atoms with Crippen molar-refractivity contribution in [2.24, 2.45) is 0 Å². The zero-order valence-electron chi connectivity index (χ0n) is 8.07. The zero-order valence-corrected chi connectivity index (χ0v) is 9.65. The summed E-state index contributed by atoms with van der Waals surface area (Å²) in [5, 5.41) is 19.6. The van der Waals surface area contributed by atoms with E-state index in [4.69, 9.17) is 10.8 Å². The molecule has 0 radical (unpaired) electrons. The summed E-state index contributed by atoms with van der Waals surface area (Å²) >= 11 is 3.26. The van der Waals surface area contributed by atoms with Gasteiger partial charge in [0, 0.05) is 15.5 Å². The number of carbonyl (C=O) groups is 1. The largest absolute Gasteiger partial charge is 0.508 e. The monoisotopic (exact) mass is 281 g/mol. The number of hydrogen-bond acceptors (Lipinski definition) is 3. The lowest BCUT2D eigenvalue weighted by Gasteiger charge is -2.07. The van der Waals surface area contributed by atoms with E-state index in [2.05, 4.69) is 15.9 Å². The van der Waals surface area contributed by atoms with Gasteiger partial charge in [-0.1, -0.05) is 15.9 Å². The standard InChI is InChI=1S/C11H8BrNO3/c12-9-4-6(14)3-8-7(9)1-5(11(15)16)2-10(8)13/h1-4,14H,13H2,(H,15,16). The van der Waals surface area contributed by atoms with Crippen LogP contribution in [0.15, 0.2) is 28.7 Å². The fraction of sp³-hybridized carbons (Fsp3) is 0. The first kappa shape index (κ1) is 10.8. The molecular formula is C11H8BrNO3. The number of fused-ring (bicyclic) bond motifs is 1.